The van der Waals surface area contributed by atoms with Crippen LogP contribution in [0.3, 0.4) is 0 Å². The molecule has 0 amide bonds. The van der Waals surface area contributed by atoms with Crippen LogP contribution in [0.2, 0.25) is 0 Å². The molecular weight excluding hydrogens is 238 g/mol. The van der Waals surface area contributed by atoms with Crippen molar-refractivity contribution in [1.29, 1.82) is 5.26 Å². The van der Waals surface area contributed by atoms with Gasteiger partial charge in [-0.15, -0.1) is 0 Å². The third kappa shape index (κ3) is 2.40. The Morgan fingerprint density at radius 3 is 2.79 bits per heavy atom. The molecule has 0 aliphatic carbocycles. The zero-order valence-electron chi connectivity index (χ0n) is 10.1. The summed E-state index contributed by atoms with van der Waals surface area (Å²) in [6, 6.07) is 15.2. The van der Waals surface area contributed by atoms with Gasteiger partial charge in [-0.3, -0.25) is 0 Å². The fraction of sp³-hybridized carbons (Fsp3) is 0.0667. The zero-order valence-corrected chi connectivity index (χ0v) is 10.1. The van der Waals surface area contributed by atoms with Crippen molar-refractivity contribution in [3.63, 3.8) is 0 Å². The van der Waals surface area contributed by atoms with E-state index in [1.165, 1.54) is 0 Å². The standard InChI is InChI=1S/C15H11N3O/c16-8-11-1-3-12(4-2-11)9-19-13-5-6-14-15(7-13)18-10-17-14/h1-7,10H,9H2,(H,17,18). The molecule has 0 unspecified atom stereocenters. The highest BCUT2D eigenvalue weighted by Crippen LogP contribution is 2.18. The molecule has 2 aromatic carbocycles. The van der Waals surface area contributed by atoms with Crippen molar-refractivity contribution in [2.75, 3.05) is 0 Å². The summed E-state index contributed by atoms with van der Waals surface area (Å²) in [6.07, 6.45) is 1.66. The van der Waals surface area contributed by atoms with Gasteiger partial charge in [0.2, 0.25) is 0 Å². The van der Waals surface area contributed by atoms with E-state index in [-0.39, 0.29) is 0 Å². The number of nitriles is 1. The average molecular weight is 249 g/mol. The molecule has 0 atom stereocenters. The third-order valence-electron chi connectivity index (χ3n) is 2.88. The molecule has 4 heteroatoms. The van der Waals surface area contributed by atoms with Crippen molar-refractivity contribution in [2.45, 2.75) is 6.61 Å². The van der Waals surface area contributed by atoms with Gasteiger partial charge in [0, 0.05) is 6.07 Å². The molecule has 0 saturated carbocycles. The average Bonchev–Trinajstić information content (AvgIpc) is 2.93. The van der Waals surface area contributed by atoms with Crippen LogP contribution >= 0.6 is 0 Å². The van der Waals surface area contributed by atoms with E-state index in [9.17, 15) is 0 Å². The van der Waals surface area contributed by atoms with Gasteiger partial charge in [-0.05, 0) is 29.8 Å². The van der Waals surface area contributed by atoms with E-state index >= 15 is 0 Å². The van der Waals surface area contributed by atoms with E-state index in [1.807, 2.05) is 30.3 Å². The number of hydrogen-bond acceptors (Lipinski definition) is 3. The fourth-order valence-electron chi connectivity index (χ4n) is 1.85. The summed E-state index contributed by atoms with van der Waals surface area (Å²) in [7, 11) is 0. The summed E-state index contributed by atoms with van der Waals surface area (Å²) in [4.78, 5) is 7.20. The van der Waals surface area contributed by atoms with Crippen LogP contribution in [0.5, 0.6) is 5.75 Å². The first kappa shape index (κ1) is 11.3. The number of ether oxygens (including phenoxy) is 1. The molecule has 0 bridgehead atoms. The molecule has 19 heavy (non-hydrogen) atoms. The normalized spacial score (nSPS) is 10.3. The summed E-state index contributed by atoms with van der Waals surface area (Å²) in [5.74, 6) is 0.793. The molecule has 3 aromatic rings. The Labute approximate surface area is 110 Å². The first-order valence-corrected chi connectivity index (χ1v) is 5.90. The van der Waals surface area contributed by atoms with Crippen molar-refractivity contribution in [1.82, 2.24) is 9.97 Å². The predicted octanol–water partition coefficient (Wildman–Crippen LogP) is 3.01. The van der Waals surface area contributed by atoms with Gasteiger partial charge in [-0.2, -0.15) is 5.26 Å². The van der Waals surface area contributed by atoms with Gasteiger partial charge < -0.3 is 9.72 Å². The Balaban J connectivity index is 1.72. The van der Waals surface area contributed by atoms with E-state index in [0.717, 1.165) is 22.3 Å². The first-order chi connectivity index (χ1) is 9.35. The van der Waals surface area contributed by atoms with E-state index in [4.69, 9.17) is 10.00 Å². The van der Waals surface area contributed by atoms with Crippen LogP contribution in [-0.4, -0.2) is 9.97 Å². The molecule has 4 nitrogen and oxygen atoms in total. The Kier molecular flexibility index (Phi) is 2.87. The molecule has 0 saturated heterocycles. The lowest BCUT2D eigenvalue weighted by Gasteiger charge is -2.06. The van der Waals surface area contributed by atoms with Gasteiger partial charge >= 0.3 is 0 Å². The topological polar surface area (TPSA) is 61.7 Å². The van der Waals surface area contributed by atoms with Crippen molar-refractivity contribution in [2.24, 2.45) is 0 Å². The van der Waals surface area contributed by atoms with Crippen molar-refractivity contribution in [3.8, 4) is 11.8 Å². The number of H-pyrrole nitrogens is 1. The molecule has 1 aromatic heterocycles. The molecule has 0 fully saturated rings. The minimum Gasteiger partial charge on any atom is -0.489 e. The van der Waals surface area contributed by atoms with Crippen LogP contribution in [0, 0.1) is 11.3 Å². The Hall–Kier alpha value is -2.80. The van der Waals surface area contributed by atoms with Gasteiger partial charge in [0.1, 0.15) is 12.4 Å². The van der Waals surface area contributed by atoms with Crippen LogP contribution in [0.1, 0.15) is 11.1 Å². The quantitative estimate of drug-likeness (QED) is 0.776. The summed E-state index contributed by atoms with van der Waals surface area (Å²) < 4.78 is 5.71. The lowest BCUT2D eigenvalue weighted by Crippen LogP contribution is -1.95. The second-order valence-corrected chi connectivity index (χ2v) is 4.18. The third-order valence-corrected chi connectivity index (χ3v) is 2.88. The van der Waals surface area contributed by atoms with Gasteiger partial charge in [0.15, 0.2) is 0 Å². The smallest absolute Gasteiger partial charge is 0.122 e. The fourth-order valence-corrected chi connectivity index (χ4v) is 1.85. The Bertz CT molecular complexity index is 738. The lowest BCUT2D eigenvalue weighted by atomic mass is 10.1. The molecule has 3 rings (SSSR count). The Morgan fingerprint density at radius 2 is 2.00 bits per heavy atom. The number of rotatable bonds is 3. The molecule has 0 aliphatic rings. The van der Waals surface area contributed by atoms with Crippen LogP contribution in [-0.2, 0) is 6.61 Å². The number of aromatic nitrogens is 2. The van der Waals surface area contributed by atoms with Gasteiger partial charge in [-0.1, -0.05) is 12.1 Å². The molecule has 92 valence electrons. The SMILES string of the molecule is N#Cc1ccc(COc2ccc3nc[nH]c3c2)cc1. The molecule has 0 radical (unpaired) electrons. The summed E-state index contributed by atoms with van der Waals surface area (Å²) in [5, 5.41) is 8.73. The lowest BCUT2D eigenvalue weighted by molar-refractivity contribution is 0.306. The van der Waals surface area contributed by atoms with Crippen molar-refractivity contribution >= 4 is 11.0 Å². The second-order valence-electron chi connectivity index (χ2n) is 4.18. The van der Waals surface area contributed by atoms with Crippen LogP contribution in [0.15, 0.2) is 48.8 Å². The maximum atomic E-state index is 8.73. The van der Waals surface area contributed by atoms with Crippen molar-refractivity contribution in [3.05, 3.63) is 59.9 Å². The Morgan fingerprint density at radius 1 is 1.16 bits per heavy atom. The highest BCUT2D eigenvalue weighted by Gasteiger charge is 2.00. The molecule has 1 N–H and O–H groups in total. The number of aromatic amines is 1. The number of imidazole rings is 1. The maximum absolute atomic E-state index is 8.73. The van der Waals surface area contributed by atoms with Crippen LogP contribution in [0.25, 0.3) is 11.0 Å². The molecule has 0 spiro atoms. The monoisotopic (exact) mass is 249 g/mol. The second kappa shape index (κ2) is 4.83. The number of nitrogens with zero attached hydrogens (tertiary/aromatic N) is 2. The summed E-state index contributed by atoms with van der Waals surface area (Å²) in [6.45, 7) is 0.478. The number of fused-ring (bicyclic) bond motifs is 1. The summed E-state index contributed by atoms with van der Waals surface area (Å²) in [5.41, 5.74) is 3.56. The predicted molar refractivity (Wildman–Crippen MR) is 71.6 cm³/mol. The minimum atomic E-state index is 0.478. The van der Waals surface area contributed by atoms with Gasteiger partial charge in [-0.25, -0.2) is 4.98 Å². The molecular formula is C15H11N3O. The van der Waals surface area contributed by atoms with Gasteiger partial charge in [0.05, 0.1) is 29.0 Å². The molecule has 1 heterocycles. The summed E-state index contributed by atoms with van der Waals surface area (Å²) >= 11 is 0. The largest absolute Gasteiger partial charge is 0.489 e. The van der Waals surface area contributed by atoms with E-state index in [1.54, 1.807) is 18.5 Å². The minimum absolute atomic E-state index is 0.478. The number of hydrogen-bond donors (Lipinski definition) is 1. The first-order valence-electron chi connectivity index (χ1n) is 5.90. The molecule has 0 aliphatic heterocycles. The zero-order chi connectivity index (χ0) is 13.1. The highest BCUT2D eigenvalue weighted by molar-refractivity contribution is 5.75. The maximum Gasteiger partial charge on any atom is 0.122 e. The number of benzene rings is 2. The number of nitrogens with one attached hydrogen (secondary N) is 1. The van der Waals surface area contributed by atoms with Crippen LogP contribution < -0.4 is 4.74 Å². The van der Waals surface area contributed by atoms with Gasteiger partial charge in [0.25, 0.3) is 0 Å². The highest BCUT2D eigenvalue weighted by atomic mass is 16.5. The van der Waals surface area contributed by atoms with Crippen molar-refractivity contribution < 1.29 is 4.74 Å². The van der Waals surface area contributed by atoms with Crippen LogP contribution in [0.4, 0.5) is 0 Å². The van der Waals surface area contributed by atoms with E-state index in [0.29, 0.717) is 12.2 Å². The van der Waals surface area contributed by atoms with E-state index in [2.05, 4.69) is 16.0 Å². The van der Waals surface area contributed by atoms with E-state index < -0.39 is 0 Å².